The van der Waals surface area contributed by atoms with Crippen LogP contribution in [0.1, 0.15) is 0 Å². The van der Waals surface area contributed by atoms with Gasteiger partial charge < -0.3 is 15.4 Å². The molecule has 0 saturated heterocycles. The van der Waals surface area contributed by atoms with Crippen LogP contribution in [0.3, 0.4) is 0 Å². The van der Waals surface area contributed by atoms with Crippen LogP contribution in [0, 0.1) is 0 Å². The van der Waals surface area contributed by atoms with Crippen molar-refractivity contribution in [1.29, 1.82) is 0 Å². The molecule has 6 heteroatoms. The number of nitrogens with zero attached hydrogens (tertiary/aromatic N) is 2. The number of benzene rings is 1. The van der Waals surface area contributed by atoms with E-state index >= 15 is 0 Å². The average molecular weight is 219 g/mol. The SMILES string of the molecule is CNc1n[nH]c(Nc2ccc(OC)cc2)n1. The van der Waals surface area contributed by atoms with E-state index in [0.29, 0.717) is 11.9 Å². The van der Waals surface area contributed by atoms with E-state index in [2.05, 4.69) is 25.8 Å². The maximum absolute atomic E-state index is 5.07. The predicted molar refractivity (Wildman–Crippen MR) is 62.2 cm³/mol. The second-order valence-electron chi connectivity index (χ2n) is 3.11. The molecule has 0 saturated carbocycles. The van der Waals surface area contributed by atoms with E-state index in [0.717, 1.165) is 11.4 Å². The number of ether oxygens (including phenoxy) is 1. The van der Waals surface area contributed by atoms with Gasteiger partial charge in [0.2, 0.25) is 11.9 Å². The third-order valence-electron chi connectivity index (χ3n) is 2.06. The number of aromatic nitrogens is 3. The van der Waals surface area contributed by atoms with E-state index in [-0.39, 0.29) is 0 Å². The molecule has 0 aliphatic rings. The Labute approximate surface area is 93.0 Å². The molecule has 0 atom stereocenters. The Balaban J connectivity index is 2.08. The topological polar surface area (TPSA) is 74.9 Å². The fourth-order valence-electron chi connectivity index (χ4n) is 1.24. The van der Waals surface area contributed by atoms with E-state index in [1.165, 1.54) is 0 Å². The first kappa shape index (κ1) is 10.3. The number of nitrogens with one attached hydrogen (secondary N) is 3. The van der Waals surface area contributed by atoms with Crippen molar-refractivity contribution in [2.45, 2.75) is 0 Å². The van der Waals surface area contributed by atoms with Crippen molar-refractivity contribution in [2.24, 2.45) is 0 Å². The minimum Gasteiger partial charge on any atom is -0.497 e. The summed E-state index contributed by atoms with van der Waals surface area (Å²) in [7, 11) is 3.40. The maximum atomic E-state index is 5.07. The van der Waals surface area contributed by atoms with Crippen molar-refractivity contribution in [3.8, 4) is 5.75 Å². The Morgan fingerprint density at radius 1 is 1.25 bits per heavy atom. The highest BCUT2D eigenvalue weighted by atomic mass is 16.5. The zero-order valence-corrected chi connectivity index (χ0v) is 9.11. The zero-order chi connectivity index (χ0) is 11.4. The Bertz CT molecular complexity index is 450. The highest BCUT2D eigenvalue weighted by Crippen LogP contribution is 2.17. The summed E-state index contributed by atoms with van der Waals surface area (Å²) in [5.74, 6) is 1.96. The van der Waals surface area contributed by atoms with Crippen molar-refractivity contribution in [1.82, 2.24) is 15.2 Å². The van der Waals surface area contributed by atoms with Gasteiger partial charge in [-0.2, -0.15) is 4.98 Å². The summed E-state index contributed by atoms with van der Waals surface area (Å²) in [4.78, 5) is 4.15. The van der Waals surface area contributed by atoms with Crippen LogP contribution in [0.15, 0.2) is 24.3 Å². The summed E-state index contributed by atoms with van der Waals surface area (Å²) >= 11 is 0. The van der Waals surface area contributed by atoms with Gasteiger partial charge in [0, 0.05) is 12.7 Å². The molecule has 16 heavy (non-hydrogen) atoms. The molecule has 0 spiro atoms. The number of hydrogen-bond donors (Lipinski definition) is 3. The molecule has 6 nitrogen and oxygen atoms in total. The van der Waals surface area contributed by atoms with Crippen LogP contribution >= 0.6 is 0 Å². The summed E-state index contributed by atoms with van der Waals surface area (Å²) in [5, 5.41) is 12.6. The van der Waals surface area contributed by atoms with Crippen LogP contribution in [-0.4, -0.2) is 29.3 Å². The maximum Gasteiger partial charge on any atom is 0.243 e. The highest BCUT2D eigenvalue weighted by Gasteiger charge is 2.01. The minimum atomic E-state index is 0.552. The molecule has 0 radical (unpaired) electrons. The van der Waals surface area contributed by atoms with Gasteiger partial charge in [0.15, 0.2) is 0 Å². The smallest absolute Gasteiger partial charge is 0.243 e. The summed E-state index contributed by atoms with van der Waals surface area (Å²) in [6.45, 7) is 0. The van der Waals surface area contributed by atoms with Gasteiger partial charge in [0.05, 0.1) is 7.11 Å². The van der Waals surface area contributed by atoms with Gasteiger partial charge in [-0.3, -0.25) is 0 Å². The Morgan fingerprint density at radius 2 is 2.00 bits per heavy atom. The number of rotatable bonds is 4. The van der Waals surface area contributed by atoms with Crippen LogP contribution in [0.2, 0.25) is 0 Å². The van der Waals surface area contributed by atoms with Crippen molar-refractivity contribution in [3.05, 3.63) is 24.3 Å². The van der Waals surface area contributed by atoms with Gasteiger partial charge in [-0.1, -0.05) is 0 Å². The molecule has 0 unspecified atom stereocenters. The number of H-pyrrole nitrogens is 1. The first-order valence-electron chi connectivity index (χ1n) is 4.83. The second kappa shape index (κ2) is 4.52. The van der Waals surface area contributed by atoms with E-state index < -0.39 is 0 Å². The van der Waals surface area contributed by atoms with Crippen LogP contribution in [0.5, 0.6) is 5.75 Å². The predicted octanol–water partition coefficient (Wildman–Crippen LogP) is 1.60. The molecule has 0 amide bonds. The molecule has 1 heterocycles. The largest absolute Gasteiger partial charge is 0.497 e. The van der Waals surface area contributed by atoms with Crippen molar-refractivity contribution >= 4 is 17.6 Å². The fraction of sp³-hybridized carbons (Fsp3) is 0.200. The summed E-state index contributed by atoms with van der Waals surface area (Å²) in [5.41, 5.74) is 0.916. The first-order valence-corrected chi connectivity index (χ1v) is 4.83. The van der Waals surface area contributed by atoms with Gasteiger partial charge in [0.1, 0.15) is 5.75 Å². The standard InChI is InChI=1S/C10H13N5O/c1-11-9-13-10(15-14-9)12-7-3-5-8(16-2)6-4-7/h3-6H,1-2H3,(H3,11,12,13,14,15). The second-order valence-corrected chi connectivity index (χ2v) is 3.11. The van der Waals surface area contributed by atoms with E-state index in [4.69, 9.17) is 4.74 Å². The Kier molecular flexibility index (Phi) is 2.90. The van der Waals surface area contributed by atoms with Gasteiger partial charge in [-0.15, -0.1) is 5.10 Å². The Morgan fingerprint density at radius 3 is 2.56 bits per heavy atom. The van der Waals surface area contributed by atoms with E-state index in [9.17, 15) is 0 Å². The van der Waals surface area contributed by atoms with Crippen molar-refractivity contribution in [2.75, 3.05) is 24.8 Å². The molecule has 2 rings (SSSR count). The van der Waals surface area contributed by atoms with Crippen molar-refractivity contribution < 1.29 is 4.74 Å². The summed E-state index contributed by atoms with van der Waals surface area (Å²) < 4.78 is 5.07. The third kappa shape index (κ3) is 2.22. The molecular formula is C10H13N5O. The molecule has 2 aromatic rings. The van der Waals surface area contributed by atoms with Crippen LogP contribution in [0.4, 0.5) is 17.6 Å². The monoisotopic (exact) mass is 219 g/mol. The molecule has 3 N–H and O–H groups in total. The van der Waals surface area contributed by atoms with Crippen LogP contribution in [-0.2, 0) is 0 Å². The van der Waals surface area contributed by atoms with Crippen molar-refractivity contribution in [3.63, 3.8) is 0 Å². The lowest BCUT2D eigenvalue weighted by atomic mass is 10.3. The molecule has 0 fully saturated rings. The number of methoxy groups -OCH3 is 1. The number of anilines is 3. The van der Waals surface area contributed by atoms with E-state index in [1.807, 2.05) is 24.3 Å². The summed E-state index contributed by atoms with van der Waals surface area (Å²) in [6.07, 6.45) is 0. The molecule has 0 aliphatic carbocycles. The quantitative estimate of drug-likeness (QED) is 0.728. The average Bonchev–Trinajstić information content (AvgIpc) is 2.78. The van der Waals surface area contributed by atoms with Gasteiger partial charge >= 0.3 is 0 Å². The molecule has 84 valence electrons. The molecular weight excluding hydrogens is 206 g/mol. The third-order valence-corrected chi connectivity index (χ3v) is 2.06. The lowest BCUT2D eigenvalue weighted by molar-refractivity contribution is 0.415. The van der Waals surface area contributed by atoms with Gasteiger partial charge in [0.25, 0.3) is 0 Å². The molecule has 0 aliphatic heterocycles. The molecule has 1 aromatic heterocycles. The molecule has 0 bridgehead atoms. The first-order chi connectivity index (χ1) is 7.81. The number of hydrogen-bond acceptors (Lipinski definition) is 5. The van der Waals surface area contributed by atoms with Gasteiger partial charge in [-0.25, -0.2) is 5.10 Å². The minimum absolute atomic E-state index is 0.552. The normalized spacial score (nSPS) is 9.88. The van der Waals surface area contributed by atoms with E-state index in [1.54, 1.807) is 14.2 Å². The Hall–Kier alpha value is -2.24. The van der Waals surface area contributed by atoms with Crippen LogP contribution < -0.4 is 15.4 Å². The number of aromatic amines is 1. The lowest BCUT2D eigenvalue weighted by Crippen LogP contribution is -1.93. The van der Waals surface area contributed by atoms with Gasteiger partial charge in [-0.05, 0) is 24.3 Å². The fourth-order valence-corrected chi connectivity index (χ4v) is 1.24. The lowest BCUT2D eigenvalue weighted by Gasteiger charge is -2.03. The highest BCUT2D eigenvalue weighted by molar-refractivity contribution is 5.55. The zero-order valence-electron chi connectivity index (χ0n) is 9.11. The summed E-state index contributed by atoms with van der Waals surface area (Å²) in [6, 6.07) is 7.55. The molecule has 1 aromatic carbocycles. The van der Waals surface area contributed by atoms with Crippen LogP contribution in [0.25, 0.3) is 0 Å².